The number of amides is 1. The Morgan fingerprint density at radius 1 is 0.763 bits per heavy atom. The summed E-state index contributed by atoms with van der Waals surface area (Å²) in [5, 5.41) is 3.33. The van der Waals surface area contributed by atoms with Gasteiger partial charge < -0.3 is 24.9 Å². The number of anilines is 6. The van der Waals surface area contributed by atoms with Crippen LogP contribution >= 0.6 is 0 Å². The summed E-state index contributed by atoms with van der Waals surface area (Å²) in [5.74, 6) is 1.05. The first-order chi connectivity index (χ1) is 18.5. The summed E-state index contributed by atoms with van der Waals surface area (Å²) in [6, 6.07) is 24.5. The van der Waals surface area contributed by atoms with Gasteiger partial charge in [0.25, 0.3) is 5.91 Å². The molecule has 4 aromatic rings. The van der Waals surface area contributed by atoms with Gasteiger partial charge >= 0.3 is 0 Å². The number of carbonyl (C=O) groups is 1. The van der Waals surface area contributed by atoms with E-state index in [9.17, 15) is 4.79 Å². The Morgan fingerprint density at radius 3 is 2.24 bits per heavy atom. The summed E-state index contributed by atoms with van der Waals surface area (Å²) in [5.41, 5.74) is 6.30. The summed E-state index contributed by atoms with van der Waals surface area (Å²) in [4.78, 5) is 31.2. The number of likely N-dealkylation sites (N-methyl/N-ethyl adjacent to an activating group) is 1. The molecule has 3 heterocycles. The molecule has 0 radical (unpaired) electrons. The van der Waals surface area contributed by atoms with Crippen molar-refractivity contribution in [2.24, 2.45) is 0 Å². The van der Waals surface area contributed by atoms with Crippen LogP contribution in [0.25, 0.3) is 11.1 Å². The van der Waals surface area contributed by atoms with Crippen molar-refractivity contribution in [2.45, 2.75) is 0 Å². The molecule has 0 unspecified atom stereocenters. The van der Waals surface area contributed by atoms with Crippen molar-refractivity contribution in [1.29, 1.82) is 0 Å². The van der Waals surface area contributed by atoms with E-state index in [2.05, 4.69) is 51.4 Å². The second-order valence-corrected chi connectivity index (χ2v) is 9.89. The molecule has 0 saturated carbocycles. The molecule has 0 bridgehead atoms. The molecule has 3 aromatic carbocycles. The molecule has 1 saturated heterocycles. The molecule has 8 nitrogen and oxygen atoms in total. The third-order valence-electron chi connectivity index (χ3n) is 7.42. The Hall–Kier alpha value is -4.43. The molecule has 8 heteroatoms. The minimum absolute atomic E-state index is 0.0906. The minimum atomic E-state index is -0.0906. The molecule has 0 spiro atoms. The highest BCUT2D eigenvalue weighted by Gasteiger charge is 2.29. The van der Waals surface area contributed by atoms with Gasteiger partial charge in [0, 0.05) is 51.6 Å². The number of rotatable bonds is 4. The number of hydrogen-bond donors (Lipinski definition) is 1. The van der Waals surface area contributed by atoms with Crippen LogP contribution < -0.4 is 20.0 Å². The van der Waals surface area contributed by atoms with Crippen molar-refractivity contribution >= 4 is 40.4 Å². The lowest BCUT2D eigenvalue weighted by molar-refractivity contribution is 0.0994. The van der Waals surface area contributed by atoms with E-state index in [4.69, 9.17) is 4.98 Å². The van der Waals surface area contributed by atoms with Crippen molar-refractivity contribution in [3.8, 4) is 11.1 Å². The molecular formula is C30H31N7O. The van der Waals surface area contributed by atoms with E-state index in [1.807, 2.05) is 60.5 Å². The second-order valence-electron chi connectivity index (χ2n) is 9.89. The average molecular weight is 506 g/mol. The lowest BCUT2D eigenvalue weighted by atomic mass is 10.0. The number of aromatic nitrogens is 2. The van der Waals surface area contributed by atoms with Gasteiger partial charge in [-0.15, -0.1) is 0 Å². The fourth-order valence-electron chi connectivity index (χ4n) is 5.07. The highest BCUT2D eigenvalue weighted by molar-refractivity contribution is 6.13. The molecular weight excluding hydrogens is 474 g/mol. The van der Waals surface area contributed by atoms with Gasteiger partial charge in [-0.25, -0.2) is 4.98 Å². The topological polar surface area (TPSA) is 67.8 Å². The Morgan fingerprint density at radius 2 is 1.50 bits per heavy atom. The van der Waals surface area contributed by atoms with Crippen LogP contribution in [0.5, 0.6) is 0 Å². The van der Waals surface area contributed by atoms with Gasteiger partial charge in [0.05, 0.1) is 17.4 Å². The lowest BCUT2D eigenvalue weighted by Crippen LogP contribution is -2.44. The van der Waals surface area contributed by atoms with Crippen LogP contribution in [0.3, 0.4) is 0 Å². The third-order valence-corrected chi connectivity index (χ3v) is 7.42. The fourth-order valence-corrected chi connectivity index (χ4v) is 5.07. The maximum Gasteiger partial charge on any atom is 0.260 e. The minimum Gasteiger partial charge on any atom is -0.369 e. The largest absolute Gasteiger partial charge is 0.369 e. The van der Waals surface area contributed by atoms with Crippen molar-refractivity contribution in [3.63, 3.8) is 0 Å². The van der Waals surface area contributed by atoms with Crippen molar-refractivity contribution in [2.75, 3.05) is 67.3 Å². The second kappa shape index (κ2) is 9.79. The highest BCUT2D eigenvalue weighted by atomic mass is 16.2. The van der Waals surface area contributed by atoms with Gasteiger partial charge in [-0.05, 0) is 54.6 Å². The first kappa shape index (κ1) is 23.9. The van der Waals surface area contributed by atoms with E-state index in [0.29, 0.717) is 23.0 Å². The van der Waals surface area contributed by atoms with Crippen LogP contribution in [0.4, 0.5) is 34.5 Å². The van der Waals surface area contributed by atoms with Crippen LogP contribution in [0, 0.1) is 0 Å². The van der Waals surface area contributed by atoms with Crippen molar-refractivity contribution in [1.82, 2.24) is 14.9 Å². The zero-order chi connectivity index (χ0) is 26.2. The van der Waals surface area contributed by atoms with Crippen LogP contribution in [0.2, 0.25) is 0 Å². The monoisotopic (exact) mass is 505 g/mol. The number of fused-ring (bicyclic) bond motifs is 2. The number of benzene rings is 3. The standard InChI is InChI=1S/C30H31N7O/c1-34-15-17-37(18-16-34)24-12-10-23(11-13-24)32-30-31-20-27-28(33-30)35(2)26-14-9-22(21-7-5-4-6-8-21)19-25(26)29(38)36(27)3/h4-14,19-20H,15-18H2,1-3H3,(H,31,32,33). The van der Waals surface area contributed by atoms with E-state index < -0.39 is 0 Å². The lowest BCUT2D eigenvalue weighted by Gasteiger charge is -2.34. The van der Waals surface area contributed by atoms with E-state index in [-0.39, 0.29) is 5.91 Å². The van der Waals surface area contributed by atoms with Gasteiger partial charge in [0.15, 0.2) is 5.82 Å². The molecule has 1 N–H and O–H groups in total. The maximum absolute atomic E-state index is 13.5. The Balaban J connectivity index is 1.27. The zero-order valence-electron chi connectivity index (χ0n) is 21.9. The molecule has 1 aromatic heterocycles. The third kappa shape index (κ3) is 4.43. The molecule has 1 amide bonds. The molecule has 38 heavy (non-hydrogen) atoms. The zero-order valence-corrected chi connectivity index (χ0v) is 21.9. The number of nitrogens with one attached hydrogen (secondary N) is 1. The van der Waals surface area contributed by atoms with Crippen molar-refractivity contribution in [3.05, 3.63) is 84.6 Å². The average Bonchev–Trinajstić information content (AvgIpc) is 3.03. The first-order valence-electron chi connectivity index (χ1n) is 12.9. The van der Waals surface area contributed by atoms with Crippen LogP contribution in [-0.4, -0.2) is 68.1 Å². The summed E-state index contributed by atoms with van der Waals surface area (Å²) in [6.07, 6.45) is 1.71. The quantitative estimate of drug-likeness (QED) is 0.419. The van der Waals surface area contributed by atoms with Crippen LogP contribution in [-0.2, 0) is 0 Å². The fraction of sp³-hybridized carbons (Fsp3) is 0.233. The molecule has 2 aliphatic heterocycles. The van der Waals surface area contributed by atoms with Gasteiger partial charge in [-0.3, -0.25) is 4.79 Å². The number of hydrogen-bond acceptors (Lipinski definition) is 7. The van der Waals surface area contributed by atoms with Gasteiger partial charge in [-0.1, -0.05) is 36.4 Å². The Labute approximate surface area is 223 Å². The van der Waals surface area contributed by atoms with Gasteiger partial charge in [-0.2, -0.15) is 4.98 Å². The predicted molar refractivity (Wildman–Crippen MR) is 154 cm³/mol. The Bertz CT molecular complexity index is 1460. The predicted octanol–water partition coefficient (Wildman–Crippen LogP) is 5.00. The number of nitrogens with zero attached hydrogens (tertiary/aromatic N) is 6. The van der Waals surface area contributed by atoms with Crippen LogP contribution in [0.15, 0.2) is 79.0 Å². The molecule has 0 atom stereocenters. The summed E-state index contributed by atoms with van der Waals surface area (Å²) < 4.78 is 0. The Kier molecular flexibility index (Phi) is 6.17. The van der Waals surface area contributed by atoms with E-state index >= 15 is 0 Å². The van der Waals surface area contributed by atoms with E-state index in [1.165, 1.54) is 5.69 Å². The number of carbonyl (C=O) groups excluding carboxylic acids is 1. The van der Waals surface area contributed by atoms with E-state index in [0.717, 1.165) is 48.7 Å². The SMILES string of the molecule is CN1CCN(c2ccc(Nc3ncc4c(n3)N(C)c3ccc(-c5ccccc5)cc3C(=O)N4C)cc2)CC1. The first-order valence-corrected chi connectivity index (χ1v) is 12.9. The summed E-state index contributed by atoms with van der Waals surface area (Å²) in [6.45, 7) is 4.21. The molecule has 2 aliphatic rings. The molecule has 1 fully saturated rings. The van der Waals surface area contributed by atoms with Gasteiger partial charge in [0.1, 0.15) is 5.69 Å². The van der Waals surface area contributed by atoms with E-state index in [1.54, 1.807) is 18.1 Å². The summed E-state index contributed by atoms with van der Waals surface area (Å²) >= 11 is 0. The highest BCUT2D eigenvalue weighted by Crippen LogP contribution is 2.39. The van der Waals surface area contributed by atoms with Crippen molar-refractivity contribution < 1.29 is 4.79 Å². The summed E-state index contributed by atoms with van der Waals surface area (Å²) in [7, 11) is 5.87. The normalized spacial score (nSPS) is 15.7. The smallest absolute Gasteiger partial charge is 0.260 e. The number of piperazine rings is 1. The molecule has 192 valence electrons. The molecule has 6 rings (SSSR count). The van der Waals surface area contributed by atoms with Crippen LogP contribution in [0.1, 0.15) is 10.4 Å². The molecule has 0 aliphatic carbocycles. The maximum atomic E-state index is 13.5. The van der Waals surface area contributed by atoms with Gasteiger partial charge in [0.2, 0.25) is 5.95 Å².